The van der Waals surface area contributed by atoms with Crippen LogP contribution in [-0.2, 0) is 0 Å². The van der Waals surface area contributed by atoms with Crippen molar-refractivity contribution in [2.45, 2.75) is 96.7 Å². The van der Waals surface area contributed by atoms with Crippen molar-refractivity contribution in [3.8, 4) is 0 Å². The third-order valence-corrected chi connectivity index (χ3v) is 6.06. The van der Waals surface area contributed by atoms with Crippen molar-refractivity contribution in [3.63, 3.8) is 0 Å². The van der Waals surface area contributed by atoms with Gasteiger partial charge in [0.15, 0.2) is 0 Å². The van der Waals surface area contributed by atoms with Gasteiger partial charge in [0.2, 0.25) is 0 Å². The van der Waals surface area contributed by atoms with Crippen molar-refractivity contribution in [2.24, 2.45) is 11.8 Å². The Kier molecular flexibility index (Phi) is 7.01. The van der Waals surface area contributed by atoms with Crippen molar-refractivity contribution in [1.29, 1.82) is 0 Å². The van der Waals surface area contributed by atoms with Gasteiger partial charge >= 0.3 is 0 Å². The first-order valence-electron chi connectivity index (χ1n) is 9.58. The zero-order chi connectivity index (χ0) is 15.2. The molecule has 2 aliphatic carbocycles. The molecule has 1 N–H and O–H groups in total. The molecule has 0 amide bonds. The molecule has 0 aromatic carbocycles. The maximum absolute atomic E-state index is 3.65. The van der Waals surface area contributed by atoms with Crippen LogP contribution in [-0.4, -0.2) is 36.6 Å². The Labute approximate surface area is 133 Å². The van der Waals surface area contributed by atoms with Crippen LogP contribution in [0.15, 0.2) is 0 Å². The molecule has 2 fully saturated rings. The first-order valence-corrected chi connectivity index (χ1v) is 9.58. The summed E-state index contributed by atoms with van der Waals surface area (Å²) in [6.07, 6.45) is 12.8. The molecule has 124 valence electrons. The second kappa shape index (κ2) is 8.53. The van der Waals surface area contributed by atoms with E-state index in [9.17, 15) is 0 Å². The maximum atomic E-state index is 3.65. The molecule has 2 saturated carbocycles. The fourth-order valence-corrected chi connectivity index (χ4v) is 4.57. The Morgan fingerprint density at radius 2 is 1.81 bits per heavy atom. The molecule has 0 saturated heterocycles. The summed E-state index contributed by atoms with van der Waals surface area (Å²) in [6.45, 7) is 8.45. The van der Waals surface area contributed by atoms with E-state index in [1.807, 2.05) is 0 Å². The van der Waals surface area contributed by atoms with Gasteiger partial charge in [0.25, 0.3) is 0 Å². The lowest BCUT2D eigenvalue weighted by Crippen LogP contribution is -2.55. The molecule has 3 atom stereocenters. The van der Waals surface area contributed by atoms with Crippen molar-refractivity contribution in [3.05, 3.63) is 0 Å². The van der Waals surface area contributed by atoms with Gasteiger partial charge in [0, 0.05) is 18.1 Å². The summed E-state index contributed by atoms with van der Waals surface area (Å²) in [6, 6.07) is 2.39. The largest absolute Gasteiger partial charge is 0.315 e. The fourth-order valence-electron chi connectivity index (χ4n) is 4.57. The van der Waals surface area contributed by atoms with Gasteiger partial charge in [-0.3, -0.25) is 4.90 Å². The van der Waals surface area contributed by atoms with Crippen LogP contribution in [0.2, 0.25) is 0 Å². The van der Waals surface area contributed by atoms with E-state index in [0.717, 1.165) is 30.0 Å². The third kappa shape index (κ3) is 4.69. The van der Waals surface area contributed by atoms with E-state index in [1.165, 1.54) is 64.3 Å². The fraction of sp³-hybridized carbons (Fsp3) is 1.00. The molecule has 2 aliphatic rings. The van der Waals surface area contributed by atoms with E-state index in [4.69, 9.17) is 0 Å². The van der Waals surface area contributed by atoms with Crippen LogP contribution in [0.25, 0.3) is 0 Å². The van der Waals surface area contributed by atoms with Crippen molar-refractivity contribution < 1.29 is 0 Å². The first kappa shape index (κ1) is 17.3. The molecule has 2 nitrogen and oxygen atoms in total. The topological polar surface area (TPSA) is 15.3 Å². The van der Waals surface area contributed by atoms with E-state index < -0.39 is 0 Å². The SMILES string of the molecule is CCC1CCC(NC)C(N(CCC(C)C)C2CCCC2)C1. The molecular formula is C19H38N2. The van der Waals surface area contributed by atoms with Crippen LogP contribution in [0.3, 0.4) is 0 Å². The van der Waals surface area contributed by atoms with E-state index in [-0.39, 0.29) is 0 Å². The van der Waals surface area contributed by atoms with Gasteiger partial charge in [-0.25, -0.2) is 0 Å². The summed E-state index contributed by atoms with van der Waals surface area (Å²) in [7, 11) is 2.18. The van der Waals surface area contributed by atoms with Crippen LogP contribution in [0.4, 0.5) is 0 Å². The Morgan fingerprint density at radius 3 is 2.38 bits per heavy atom. The van der Waals surface area contributed by atoms with E-state index in [1.54, 1.807) is 0 Å². The average molecular weight is 295 g/mol. The zero-order valence-electron chi connectivity index (χ0n) is 14.9. The standard InChI is InChI=1S/C19H38N2/c1-5-16-10-11-18(20-4)19(14-16)21(13-12-15(2)3)17-8-6-7-9-17/h15-20H,5-14H2,1-4H3. The van der Waals surface area contributed by atoms with Gasteiger partial charge in [-0.1, -0.05) is 40.0 Å². The summed E-state index contributed by atoms with van der Waals surface area (Å²) in [5.74, 6) is 1.79. The minimum Gasteiger partial charge on any atom is -0.315 e. The van der Waals surface area contributed by atoms with Gasteiger partial charge in [0.05, 0.1) is 0 Å². The highest BCUT2D eigenvalue weighted by molar-refractivity contribution is 4.94. The van der Waals surface area contributed by atoms with Crippen LogP contribution < -0.4 is 5.32 Å². The lowest BCUT2D eigenvalue weighted by Gasteiger charge is -2.45. The smallest absolute Gasteiger partial charge is 0.0254 e. The van der Waals surface area contributed by atoms with Crippen LogP contribution in [0.1, 0.15) is 78.6 Å². The predicted molar refractivity (Wildman–Crippen MR) is 92.7 cm³/mol. The number of nitrogens with zero attached hydrogens (tertiary/aromatic N) is 1. The van der Waals surface area contributed by atoms with Gasteiger partial charge in [-0.2, -0.15) is 0 Å². The minimum absolute atomic E-state index is 0.723. The van der Waals surface area contributed by atoms with E-state index in [2.05, 4.69) is 38.0 Å². The van der Waals surface area contributed by atoms with Crippen molar-refractivity contribution in [1.82, 2.24) is 10.2 Å². The molecule has 0 heterocycles. The third-order valence-electron chi connectivity index (χ3n) is 6.06. The molecule has 0 radical (unpaired) electrons. The monoisotopic (exact) mass is 294 g/mol. The Balaban J connectivity index is 2.07. The Bertz CT molecular complexity index is 283. The first-order chi connectivity index (χ1) is 10.2. The van der Waals surface area contributed by atoms with E-state index >= 15 is 0 Å². The van der Waals surface area contributed by atoms with Gasteiger partial charge in [0.1, 0.15) is 0 Å². The molecule has 0 aliphatic heterocycles. The van der Waals surface area contributed by atoms with Crippen LogP contribution in [0, 0.1) is 11.8 Å². The average Bonchev–Trinajstić information content (AvgIpc) is 3.01. The highest BCUT2D eigenvalue weighted by Crippen LogP contribution is 2.34. The summed E-state index contributed by atoms with van der Waals surface area (Å²) in [4.78, 5) is 2.94. The summed E-state index contributed by atoms with van der Waals surface area (Å²) in [5.41, 5.74) is 0. The number of rotatable bonds is 7. The molecule has 2 heteroatoms. The van der Waals surface area contributed by atoms with Gasteiger partial charge < -0.3 is 5.32 Å². The summed E-state index contributed by atoms with van der Waals surface area (Å²) < 4.78 is 0. The quantitative estimate of drug-likeness (QED) is 0.746. The van der Waals surface area contributed by atoms with Crippen molar-refractivity contribution in [2.75, 3.05) is 13.6 Å². The molecule has 21 heavy (non-hydrogen) atoms. The molecule has 3 unspecified atom stereocenters. The number of likely N-dealkylation sites (N-methyl/N-ethyl adjacent to an activating group) is 1. The lowest BCUT2D eigenvalue weighted by atomic mass is 9.79. The minimum atomic E-state index is 0.723. The molecular weight excluding hydrogens is 256 g/mol. The molecule has 0 aromatic heterocycles. The van der Waals surface area contributed by atoms with Gasteiger partial charge in [-0.05, 0) is 64.0 Å². The predicted octanol–water partition coefficient (Wildman–Crippen LogP) is 4.44. The Morgan fingerprint density at radius 1 is 1.10 bits per heavy atom. The van der Waals surface area contributed by atoms with Crippen LogP contribution >= 0.6 is 0 Å². The molecule has 0 aromatic rings. The zero-order valence-corrected chi connectivity index (χ0v) is 14.9. The number of nitrogens with one attached hydrogen (secondary N) is 1. The summed E-state index contributed by atoms with van der Waals surface area (Å²) in [5, 5.41) is 3.65. The summed E-state index contributed by atoms with van der Waals surface area (Å²) >= 11 is 0. The second-order valence-electron chi connectivity index (χ2n) is 7.91. The molecule has 0 spiro atoms. The van der Waals surface area contributed by atoms with Crippen molar-refractivity contribution >= 4 is 0 Å². The van der Waals surface area contributed by atoms with E-state index in [0.29, 0.717) is 0 Å². The van der Waals surface area contributed by atoms with Gasteiger partial charge in [-0.15, -0.1) is 0 Å². The molecule has 2 rings (SSSR count). The molecule has 0 bridgehead atoms. The highest BCUT2D eigenvalue weighted by atomic mass is 15.2. The Hall–Kier alpha value is -0.0800. The normalized spacial score (nSPS) is 31.4. The highest BCUT2D eigenvalue weighted by Gasteiger charge is 2.36. The second-order valence-corrected chi connectivity index (χ2v) is 7.91. The number of hydrogen-bond acceptors (Lipinski definition) is 2. The maximum Gasteiger partial charge on any atom is 0.0254 e. The lowest BCUT2D eigenvalue weighted by molar-refractivity contribution is 0.0585. The van der Waals surface area contributed by atoms with Crippen LogP contribution in [0.5, 0.6) is 0 Å². The number of hydrogen-bond donors (Lipinski definition) is 1.